The summed E-state index contributed by atoms with van der Waals surface area (Å²) in [5.41, 5.74) is 4.08. The molecular formula is C28H38O4S. The van der Waals surface area contributed by atoms with E-state index in [0.717, 1.165) is 22.3 Å². The first-order valence-corrected chi connectivity index (χ1v) is 12.5. The van der Waals surface area contributed by atoms with Gasteiger partial charge >= 0.3 is 5.97 Å². The van der Waals surface area contributed by atoms with Crippen molar-refractivity contribution in [3.05, 3.63) is 63.5 Å². The lowest BCUT2D eigenvalue weighted by Crippen LogP contribution is -2.35. The number of carbonyl (C=O) groups excluding carboxylic acids is 2. The van der Waals surface area contributed by atoms with E-state index < -0.39 is 11.0 Å². The maximum absolute atomic E-state index is 13.1. The molecule has 1 unspecified atom stereocenters. The minimum absolute atomic E-state index is 0.0441. The van der Waals surface area contributed by atoms with E-state index in [2.05, 4.69) is 13.8 Å². The van der Waals surface area contributed by atoms with Gasteiger partial charge in [0, 0.05) is 21.9 Å². The van der Waals surface area contributed by atoms with Gasteiger partial charge in [-0.15, -0.1) is 11.8 Å². The van der Waals surface area contributed by atoms with Crippen LogP contribution in [0.2, 0.25) is 0 Å². The zero-order chi connectivity index (χ0) is 25.3. The molecule has 0 N–H and O–H groups in total. The van der Waals surface area contributed by atoms with Crippen molar-refractivity contribution in [2.75, 3.05) is 13.4 Å². The molecule has 0 bridgehead atoms. The summed E-state index contributed by atoms with van der Waals surface area (Å²) in [5.74, 6) is 0.0988. The minimum atomic E-state index is -0.590. The smallest absolute Gasteiger partial charge is 0.339 e. The third-order valence-electron chi connectivity index (χ3n) is 6.36. The van der Waals surface area contributed by atoms with Gasteiger partial charge in [0.05, 0.1) is 12.7 Å². The topological polar surface area (TPSA) is 52.6 Å². The number of hydrogen-bond acceptors (Lipinski definition) is 5. The number of ether oxygens (including phenoxy) is 2. The summed E-state index contributed by atoms with van der Waals surface area (Å²) >= 11 is 1.69. The predicted octanol–water partition coefficient (Wildman–Crippen LogP) is 7.00. The largest absolute Gasteiger partial charge is 0.500 e. The third kappa shape index (κ3) is 5.63. The Kier molecular flexibility index (Phi) is 8.11. The van der Waals surface area contributed by atoms with Crippen molar-refractivity contribution in [2.45, 2.75) is 72.8 Å². The Labute approximate surface area is 203 Å². The number of benzene rings is 1. The number of rotatable bonds is 6. The molecule has 180 valence electrons. The average molecular weight is 471 g/mol. The first-order chi connectivity index (χ1) is 15.2. The quantitative estimate of drug-likeness (QED) is 0.194. The van der Waals surface area contributed by atoms with Crippen molar-refractivity contribution in [3.63, 3.8) is 0 Å². The van der Waals surface area contributed by atoms with Crippen molar-refractivity contribution in [1.29, 1.82) is 0 Å². The molecule has 0 radical (unpaired) electrons. The molecule has 0 amide bonds. The van der Waals surface area contributed by atoms with Crippen LogP contribution in [0.1, 0.15) is 70.0 Å². The number of aryl methyl sites for hydroxylation is 2. The molecule has 0 saturated heterocycles. The Morgan fingerprint density at radius 1 is 1.06 bits per heavy atom. The highest BCUT2D eigenvalue weighted by Crippen LogP contribution is 2.48. The number of ketones is 1. The predicted molar refractivity (Wildman–Crippen MR) is 137 cm³/mol. The number of methoxy groups -OCH3 is 1. The normalized spacial score (nSPS) is 18.7. The summed E-state index contributed by atoms with van der Waals surface area (Å²) in [6.45, 7) is 17.6. The summed E-state index contributed by atoms with van der Waals surface area (Å²) in [7, 11) is 1.61. The molecule has 1 atom stereocenters. The fourth-order valence-corrected chi connectivity index (χ4v) is 5.22. The van der Waals surface area contributed by atoms with Crippen molar-refractivity contribution < 1.29 is 19.1 Å². The van der Waals surface area contributed by atoms with E-state index in [0.29, 0.717) is 16.9 Å². The molecular weight excluding hydrogens is 432 g/mol. The Bertz CT molecular complexity index is 1030. The van der Waals surface area contributed by atoms with Crippen molar-refractivity contribution in [3.8, 4) is 0 Å². The molecule has 1 aliphatic rings. The monoisotopic (exact) mass is 470 g/mol. The van der Waals surface area contributed by atoms with Crippen LogP contribution in [0.5, 0.6) is 0 Å². The molecule has 0 aromatic heterocycles. The Balaban J connectivity index is 2.47. The molecule has 1 aromatic rings. The van der Waals surface area contributed by atoms with Crippen LogP contribution in [0.15, 0.2) is 51.7 Å². The molecule has 0 heterocycles. The van der Waals surface area contributed by atoms with Gasteiger partial charge in [-0.3, -0.25) is 4.79 Å². The summed E-state index contributed by atoms with van der Waals surface area (Å²) in [6.07, 6.45) is 5.59. The number of carbonyl (C=O) groups is 2. The Morgan fingerprint density at radius 3 is 2.06 bits per heavy atom. The summed E-state index contributed by atoms with van der Waals surface area (Å²) in [5, 5.41) is 0. The number of allylic oxidation sites excluding steroid dienone is 3. The SMILES string of the molecule is COC1=C(C)C(C(=O)OC(C)(C)C)=C(C)C(C)(C)C1C=CC(=O)c1cc(C)c(SC)c(C)c1. The van der Waals surface area contributed by atoms with E-state index in [1.807, 2.05) is 72.9 Å². The van der Waals surface area contributed by atoms with Crippen LogP contribution < -0.4 is 0 Å². The highest BCUT2D eigenvalue weighted by molar-refractivity contribution is 7.98. The van der Waals surface area contributed by atoms with Gasteiger partial charge in [-0.2, -0.15) is 0 Å². The fraction of sp³-hybridized carbons (Fsp3) is 0.500. The van der Waals surface area contributed by atoms with E-state index in [9.17, 15) is 9.59 Å². The molecule has 1 aromatic carbocycles. The molecule has 0 spiro atoms. The zero-order valence-electron chi connectivity index (χ0n) is 21.9. The molecule has 5 heteroatoms. The average Bonchev–Trinajstić information content (AvgIpc) is 2.68. The molecule has 1 aliphatic carbocycles. The van der Waals surface area contributed by atoms with Gasteiger partial charge in [0.2, 0.25) is 0 Å². The van der Waals surface area contributed by atoms with Crippen LogP contribution in [-0.2, 0) is 14.3 Å². The lowest BCUT2D eigenvalue weighted by Gasteiger charge is -2.40. The summed E-state index contributed by atoms with van der Waals surface area (Å²) < 4.78 is 11.5. The fourth-order valence-electron chi connectivity index (χ4n) is 4.46. The van der Waals surface area contributed by atoms with Crippen LogP contribution in [0.25, 0.3) is 0 Å². The second-order valence-electron chi connectivity index (χ2n) is 10.3. The minimum Gasteiger partial charge on any atom is -0.500 e. The lowest BCUT2D eigenvalue weighted by atomic mass is 9.66. The van der Waals surface area contributed by atoms with Gasteiger partial charge in [-0.25, -0.2) is 4.79 Å². The number of hydrogen-bond donors (Lipinski definition) is 0. The summed E-state index contributed by atoms with van der Waals surface area (Å²) in [4.78, 5) is 27.3. The maximum atomic E-state index is 13.1. The van der Waals surface area contributed by atoms with Gasteiger partial charge < -0.3 is 9.47 Å². The maximum Gasteiger partial charge on any atom is 0.339 e. The molecule has 0 fully saturated rings. The van der Waals surface area contributed by atoms with E-state index in [4.69, 9.17) is 9.47 Å². The van der Waals surface area contributed by atoms with Crippen LogP contribution in [-0.4, -0.2) is 30.7 Å². The van der Waals surface area contributed by atoms with Gasteiger partial charge in [-0.1, -0.05) is 25.5 Å². The molecule has 0 saturated carbocycles. The van der Waals surface area contributed by atoms with Gasteiger partial charge in [-0.05, 0) is 89.5 Å². The van der Waals surface area contributed by atoms with E-state index >= 15 is 0 Å². The first-order valence-electron chi connectivity index (χ1n) is 11.2. The van der Waals surface area contributed by atoms with Crippen molar-refractivity contribution >= 4 is 23.5 Å². The molecule has 0 aliphatic heterocycles. The Morgan fingerprint density at radius 2 is 1.61 bits per heavy atom. The molecule has 2 rings (SSSR count). The Hall–Kier alpha value is -2.27. The number of thioether (sulfide) groups is 1. The van der Waals surface area contributed by atoms with Crippen LogP contribution in [0.3, 0.4) is 0 Å². The second kappa shape index (κ2) is 9.92. The standard InChI is InChI=1S/C28H38O4S/c1-16-14-20(15-17(2)25(16)33-11)22(29)13-12-21-24(31-10)18(3)23(19(4)28(21,8)9)26(30)32-27(5,6)7/h12-15,21H,1-11H3. The number of esters is 1. The third-order valence-corrected chi connectivity index (χ3v) is 7.41. The zero-order valence-corrected chi connectivity index (χ0v) is 22.7. The lowest BCUT2D eigenvalue weighted by molar-refractivity contribution is -0.149. The van der Waals surface area contributed by atoms with Crippen molar-refractivity contribution in [1.82, 2.24) is 0 Å². The van der Waals surface area contributed by atoms with Gasteiger partial charge in [0.1, 0.15) is 11.4 Å². The molecule has 4 nitrogen and oxygen atoms in total. The summed E-state index contributed by atoms with van der Waals surface area (Å²) in [6, 6.07) is 3.89. The molecule has 33 heavy (non-hydrogen) atoms. The van der Waals surface area contributed by atoms with E-state index in [-0.39, 0.29) is 17.7 Å². The van der Waals surface area contributed by atoms with Crippen LogP contribution in [0, 0.1) is 25.2 Å². The van der Waals surface area contributed by atoms with Gasteiger partial charge in [0.15, 0.2) is 5.78 Å². The highest BCUT2D eigenvalue weighted by atomic mass is 32.2. The van der Waals surface area contributed by atoms with Gasteiger partial charge in [0.25, 0.3) is 0 Å². The second-order valence-corrected chi connectivity index (χ2v) is 11.1. The highest BCUT2D eigenvalue weighted by Gasteiger charge is 2.42. The van der Waals surface area contributed by atoms with E-state index in [1.165, 1.54) is 4.90 Å². The van der Waals surface area contributed by atoms with Crippen LogP contribution >= 0.6 is 11.8 Å². The van der Waals surface area contributed by atoms with Crippen molar-refractivity contribution in [2.24, 2.45) is 11.3 Å². The first kappa shape index (κ1) is 27.0. The van der Waals surface area contributed by atoms with Crippen LogP contribution in [0.4, 0.5) is 0 Å². The van der Waals surface area contributed by atoms with E-state index in [1.54, 1.807) is 24.9 Å².